The Bertz CT molecular complexity index is 874. The molecule has 1 heterocycles. The molecule has 0 aliphatic rings. The van der Waals surface area contributed by atoms with Crippen LogP contribution in [0.4, 0.5) is 0 Å². The lowest BCUT2D eigenvalue weighted by Gasteiger charge is -2.15. The van der Waals surface area contributed by atoms with Crippen LogP contribution in [0.2, 0.25) is 0 Å². The molecule has 6 heteroatoms. The Balaban J connectivity index is 0.00000280. The zero-order valence-electron chi connectivity index (χ0n) is 15.9. The fourth-order valence-electron chi connectivity index (χ4n) is 2.71. The van der Waals surface area contributed by atoms with Gasteiger partial charge < -0.3 is 14.8 Å². The average molecular weight is 464 g/mol. The second-order valence-corrected chi connectivity index (χ2v) is 7.20. The fourth-order valence-corrected chi connectivity index (χ4v) is 3.32. The number of hydrogen-bond donors (Lipinski definition) is 1. The van der Waals surface area contributed by atoms with Crippen molar-refractivity contribution >= 4 is 28.3 Å². The highest BCUT2D eigenvalue weighted by Crippen LogP contribution is 2.37. The molecular weight excluding hydrogens is 440 g/mol. The fraction of sp³-hybridized carbons (Fsp3) is 0.227. The van der Waals surface area contributed by atoms with Gasteiger partial charge in [0, 0.05) is 31.0 Å². The quantitative estimate of drug-likeness (QED) is 0.482. The van der Waals surface area contributed by atoms with Gasteiger partial charge in [-0.15, -0.1) is 12.4 Å². The van der Waals surface area contributed by atoms with Crippen LogP contribution in [0.5, 0.6) is 11.5 Å². The van der Waals surface area contributed by atoms with Gasteiger partial charge in [0.15, 0.2) is 11.5 Å². The number of hydrogen-bond acceptors (Lipinski definition) is 4. The zero-order valence-corrected chi connectivity index (χ0v) is 18.3. The van der Waals surface area contributed by atoms with Crippen LogP contribution in [0.15, 0.2) is 65.4 Å². The molecular formula is C22H24BrClN2O2. The van der Waals surface area contributed by atoms with Crippen LogP contribution in [0.3, 0.4) is 0 Å². The normalized spacial score (nSPS) is 10.2. The first-order chi connectivity index (χ1) is 13.2. The van der Waals surface area contributed by atoms with E-state index in [2.05, 4.69) is 63.5 Å². The van der Waals surface area contributed by atoms with E-state index >= 15 is 0 Å². The van der Waals surface area contributed by atoms with E-state index in [0.29, 0.717) is 18.1 Å². The summed E-state index contributed by atoms with van der Waals surface area (Å²) in [6, 6.07) is 16.5. The molecule has 0 fully saturated rings. The van der Waals surface area contributed by atoms with Gasteiger partial charge in [-0.05, 0) is 52.2 Å². The minimum atomic E-state index is 0. The van der Waals surface area contributed by atoms with Crippen molar-refractivity contribution in [1.82, 2.24) is 10.3 Å². The number of benzene rings is 2. The first-order valence-electron chi connectivity index (χ1n) is 8.80. The number of nitrogens with zero attached hydrogens (tertiary/aromatic N) is 1. The zero-order chi connectivity index (χ0) is 19.1. The van der Waals surface area contributed by atoms with E-state index in [1.807, 2.05) is 18.2 Å². The van der Waals surface area contributed by atoms with E-state index in [9.17, 15) is 0 Å². The maximum Gasteiger partial charge on any atom is 0.175 e. The molecule has 3 rings (SSSR count). The summed E-state index contributed by atoms with van der Waals surface area (Å²) in [5.41, 5.74) is 4.67. The first-order valence-corrected chi connectivity index (χ1v) is 9.59. The lowest BCUT2D eigenvalue weighted by atomic mass is 10.1. The third kappa shape index (κ3) is 6.23. The molecule has 0 spiro atoms. The van der Waals surface area contributed by atoms with Crippen molar-refractivity contribution in [2.24, 2.45) is 0 Å². The Morgan fingerprint density at radius 1 is 1.00 bits per heavy atom. The van der Waals surface area contributed by atoms with Crippen molar-refractivity contribution in [2.75, 3.05) is 7.11 Å². The molecule has 28 heavy (non-hydrogen) atoms. The van der Waals surface area contributed by atoms with E-state index in [-0.39, 0.29) is 12.4 Å². The van der Waals surface area contributed by atoms with Crippen LogP contribution >= 0.6 is 28.3 Å². The van der Waals surface area contributed by atoms with Crippen LogP contribution in [-0.2, 0) is 19.7 Å². The van der Waals surface area contributed by atoms with Gasteiger partial charge in [0.25, 0.3) is 0 Å². The highest BCUT2D eigenvalue weighted by Gasteiger charge is 2.12. The van der Waals surface area contributed by atoms with Gasteiger partial charge in [-0.1, -0.05) is 35.9 Å². The summed E-state index contributed by atoms with van der Waals surface area (Å²) in [5.74, 6) is 1.41. The van der Waals surface area contributed by atoms with Gasteiger partial charge in [0.1, 0.15) is 6.61 Å². The molecule has 0 atom stereocenters. The molecule has 0 unspecified atom stereocenters. The third-order valence-corrected chi connectivity index (χ3v) is 4.76. The largest absolute Gasteiger partial charge is 0.493 e. The number of aromatic nitrogens is 1. The van der Waals surface area contributed by atoms with Crippen molar-refractivity contribution in [1.29, 1.82) is 0 Å². The molecule has 0 amide bonds. The van der Waals surface area contributed by atoms with Crippen LogP contribution in [0.1, 0.15) is 22.3 Å². The van der Waals surface area contributed by atoms with Crippen molar-refractivity contribution in [3.05, 3.63) is 87.7 Å². The SMILES string of the molecule is COc1cc(CNCc2ccc(C)cc2)cc(Br)c1OCc1cccnc1.Cl. The number of rotatable bonds is 8. The van der Waals surface area contributed by atoms with Gasteiger partial charge in [0.05, 0.1) is 11.6 Å². The molecule has 4 nitrogen and oxygen atoms in total. The van der Waals surface area contributed by atoms with Gasteiger partial charge in [-0.3, -0.25) is 4.98 Å². The Kier molecular flexibility index (Phi) is 8.77. The molecule has 0 saturated carbocycles. The Hall–Kier alpha value is -2.08. The molecule has 0 saturated heterocycles. The number of nitrogens with one attached hydrogen (secondary N) is 1. The summed E-state index contributed by atoms with van der Waals surface area (Å²) in [4.78, 5) is 4.11. The topological polar surface area (TPSA) is 43.4 Å². The Labute approximate surface area is 180 Å². The predicted octanol–water partition coefficient (Wildman–Crippen LogP) is 5.45. The Morgan fingerprint density at radius 3 is 2.43 bits per heavy atom. The highest BCUT2D eigenvalue weighted by molar-refractivity contribution is 9.10. The molecule has 2 aromatic carbocycles. The predicted molar refractivity (Wildman–Crippen MR) is 118 cm³/mol. The average Bonchev–Trinajstić information content (AvgIpc) is 2.69. The summed E-state index contributed by atoms with van der Waals surface area (Å²) >= 11 is 3.61. The third-order valence-electron chi connectivity index (χ3n) is 4.17. The molecule has 3 aromatic rings. The summed E-state index contributed by atoms with van der Waals surface area (Å²) < 4.78 is 12.4. The molecule has 0 aliphatic heterocycles. The van der Waals surface area contributed by atoms with E-state index in [4.69, 9.17) is 9.47 Å². The molecule has 0 radical (unpaired) electrons. The lowest BCUT2D eigenvalue weighted by Crippen LogP contribution is -2.13. The minimum Gasteiger partial charge on any atom is -0.493 e. The molecule has 0 aliphatic carbocycles. The number of halogens is 2. The summed E-state index contributed by atoms with van der Waals surface area (Å²) in [5, 5.41) is 3.47. The number of aryl methyl sites for hydroxylation is 1. The van der Waals surface area contributed by atoms with E-state index in [1.165, 1.54) is 11.1 Å². The van der Waals surface area contributed by atoms with E-state index < -0.39 is 0 Å². The molecule has 1 N–H and O–H groups in total. The lowest BCUT2D eigenvalue weighted by molar-refractivity contribution is 0.282. The van der Waals surface area contributed by atoms with Crippen molar-refractivity contribution in [3.8, 4) is 11.5 Å². The van der Waals surface area contributed by atoms with Gasteiger partial charge in [0.2, 0.25) is 0 Å². The first kappa shape index (κ1) is 22.2. The standard InChI is InChI=1S/C22H23BrN2O2.ClH/c1-16-5-7-17(8-6-16)12-25-14-19-10-20(23)22(21(11-19)26-2)27-15-18-4-3-9-24-13-18;/h3-11,13,25H,12,14-15H2,1-2H3;1H. The van der Waals surface area contributed by atoms with Crippen LogP contribution in [0, 0.1) is 6.92 Å². The number of ether oxygens (including phenoxy) is 2. The maximum atomic E-state index is 5.95. The van der Waals surface area contributed by atoms with Gasteiger partial charge in [-0.2, -0.15) is 0 Å². The summed E-state index contributed by atoms with van der Waals surface area (Å²) in [6.45, 7) is 4.10. The highest BCUT2D eigenvalue weighted by atomic mass is 79.9. The smallest absolute Gasteiger partial charge is 0.175 e. The molecule has 148 valence electrons. The van der Waals surface area contributed by atoms with Crippen molar-refractivity contribution < 1.29 is 9.47 Å². The minimum absolute atomic E-state index is 0. The van der Waals surface area contributed by atoms with Gasteiger partial charge in [-0.25, -0.2) is 0 Å². The van der Waals surface area contributed by atoms with Crippen LogP contribution in [-0.4, -0.2) is 12.1 Å². The van der Waals surface area contributed by atoms with Crippen LogP contribution < -0.4 is 14.8 Å². The monoisotopic (exact) mass is 462 g/mol. The second kappa shape index (κ2) is 11.1. The molecule has 1 aromatic heterocycles. The van der Waals surface area contributed by atoms with E-state index in [0.717, 1.165) is 28.7 Å². The van der Waals surface area contributed by atoms with E-state index in [1.54, 1.807) is 19.5 Å². The number of methoxy groups -OCH3 is 1. The molecule has 0 bridgehead atoms. The maximum absolute atomic E-state index is 5.95. The van der Waals surface area contributed by atoms with Crippen LogP contribution in [0.25, 0.3) is 0 Å². The number of pyridine rings is 1. The van der Waals surface area contributed by atoms with Crippen molar-refractivity contribution in [3.63, 3.8) is 0 Å². The van der Waals surface area contributed by atoms with Crippen molar-refractivity contribution in [2.45, 2.75) is 26.6 Å². The summed E-state index contributed by atoms with van der Waals surface area (Å²) in [7, 11) is 1.65. The van der Waals surface area contributed by atoms with Gasteiger partial charge >= 0.3 is 0 Å². The second-order valence-electron chi connectivity index (χ2n) is 6.35. The Morgan fingerprint density at radius 2 is 1.75 bits per heavy atom. The summed E-state index contributed by atoms with van der Waals surface area (Å²) in [6.07, 6.45) is 3.54.